The number of rotatable bonds is 6. The van der Waals surface area contributed by atoms with Crippen molar-refractivity contribution in [3.8, 4) is 11.5 Å². The Labute approximate surface area is 185 Å². The Morgan fingerprint density at radius 3 is 2.38 bits per heavy atom. The number of carbonyl (C=O) groups is 2. The molecule has 1 aliphatic carbocycles. The molecular formula is C25H24N2O5. The molecule has 4 rings (SSSR count). The van der Waals surface area contributed by atoms with E-state index in [9.17, 15) is 14.4 Å². The molecule has 32 heavy (non-hydrogen) atoms. The molecule has 0 fully saturated rings. The second-order valence-electron chi connectivity index (χ2n) is 7.62. The van der Waals surface area contributed by atoms with Crippen molar-refractivity contribution in [2.45, 2.75) is 25.7 Å². The number of hydrogen-bond acceptors (Lipinski definition) is 5. The second kappa shape index (κ2) is 9.09. The Hall–Kier alpha value is -3.87. The largest absolute Gasteiger partial charge is 0.497 e. The summed E-state index contributed by atoms with van der Waals surface area (Å²) < 4.78 is 10.6. The van der Waals surface area contributed by atoms with Gasteiger partial charge < -0.3 is 19.8 Å². The highest BCUT2D eigenvalue weighted by Gasteiger charge is 2.29. The summed E-state index contributed by atoms with van der Waals surface area (Å²) in [5.41, 5.74) is 1.88. The monoisotopic (exact) mass is 432 g/mol. The molecule has 0 spiro atoms. The smallest absolute Gasteiger partial charge is 0.261 e. The van der Waals surface area contributed by atoms with Crippen LogP contribution in [-0.2, 0) is 6.42 Å². The molecule has 164 valence electrons. The number of Topliss-reactive ketones (excluding diaryl/α,β-unsaturated/α-hetero) is 1. The van der Waals surface area contributed by atoms with Gasteiger partial charge in [0, 0.05) is 23.4 Å². The number of methoxy groups -OCH3 is 1. The van der Waals surface area contributed by atoms with Gasteiger partial charge in [0.05, 0.1) is 13.7 Å². The molecule has 1 aromatic heterocycles. The Kier molecular flexibility index (Phi) is 6.07. The third-order valence-electron chi connectivity index (χ3n) is 5.56. The molecule has 0 aliphatic heterocycles. The molecule has 1 amide bonds. The number of fused-ring (bicyclic) bond motifs is 1. The van der Waals surface area contributed by atoms with Gasteiger partial charge in [-0.3, -0.25) is 14.4 Å². The van der Waals surface area contributed by atoms with Gasteiger partial charge in [-0.15, -0.1) is 0 Å². The zero-order valence-electron chi connectivity index (χ0n) is 17.9. The topological polar surface area (TPSA) is 97.5 Å². The predicted octanol–water partition coefficient (Wildman–Crippen LogP) is 3.95. The average molecular weight is 432 g/mol. The lowest BCUT2D eigenvalue weighted by Gasteiger charge is -2.24. The van der Waals surface area contributed by atoms with E-state index in [-0.39, 0.29) is 17.3 Å². The number of anilines is 1. The van der Waals surface area contributed by atoms with E-state index >= 15 is 0 Å². The number of H-pyrrole nitrogens is 1. The van der Waals surface area contributed by atoms with Gasteiger partial charge in [0.25, 0.3) is 11.5 Å². The Balaban J connectivity index is 1.54. The number of benzene rings is 2. The van der Waals surface area contributed by atoms with Gasteiger partial charge in [0.2, 0.25) is 0 Å². The zero-order valence-corrected chi connectivity index (χ0v) is 17.9. The summed E-state index contributed by atoms with van der Waals surface area (Å²) in [4.78, 5) is 40.9. The summed E-state index contributed by atoms with van der Waals surface area (Å²) in [7, 11) is 1.60. The molecular weight excluding hydrogens is 408 g/mol. The fourth-order valence-corrected chi connectivity index (χ4v) is 3.91. The van der Waals surface area contributed by atoms with Crippen molar-refractivity contribution in [1.29, 1.82) is 0 Å². The fourth-order valence-electron chi connectivity index (χ4n) is 3.91. The van der Waals surface area contributed by atoms with Crippen molar-refractivity contribution < 1.29 is 19.1 Å². The number of pyridine rings is 1. The van der Waals surface area contributed by atoms with Crippen LogP contribution < -0.4 is 20.3 Å². The number of nitrogens with one attached hydrogen (secondary N) is 2. The molecule has 3 aromatic rings. The Bertz CT molecular complexity index is 1200. The minimum Gasteiger partial charge on any atom is -0.497 e. The number of amides is 1. The van der Waals surface area contributed by atoms with Gasteiger partial charge in [-0.1, -0.05) is 12.1 Å². The van der Waals surface area contributed by atoms with Gasteiger partial charge in [-0.2, -0.15) is 0 Å². The van der Waals surface area contributed by atoms with Crippen LogP contribution >= 0.6 is 0 Å². The molecule has 1 aliphatic rings. The van der Waals surface area contributed by atoms with Gasteiger partial charge in [0.1, 0.15) is 17.1 Å². The molecule has 1 atom stereocenters. The van der Waals surface area contributed by atoms with E-state index in [0.717, 1.165) is 11.3 Å². The maximum absolute atomic E-state index is 12.8. The lowest BCUT2D eigenvalue weighted by molar-refractivity contribution is 0.0963. The molecule has 0 saturated heterocycles. The van der Waals surface area contributed by atoms with E-state index in [4.69, 9.17) is 9.47 Å². The maximum Gasteiger partial charge on any atom is 0.261 e. The van der Waals surface area contributed by atoms with Crippen LogP contribution in [0.5, 0.6) is 11.5 Å². The van der Waals surface area contributed by atoms with E-state index in [2.05, 4.69) is 10.3 Å². The number of ketones is 1. The Morgan fingerprint density at radius 1 is 1.03 bits per heavy atom. The predicted molar refractivity (Wildman–Crippen MR) is 121 cm³/mol. The normalized spacial score (nSPS) is 15.1. The SMILES string of the molecule is CCOc1ccc(NC(=O)c2cc3c([nH]c2=O)CC(c2ccc(OC)cc2)CC3=O)cc1. The van der Waals surface area contributed by atoms with Gasteiger partial charge in [0.15, 0.2) is 5.78 Å². The molecule has 7 heteroatoms. The molecule has 2 N–H and O–H groups in total. The van der Waals surface area contributed by atoms with Crippen LogP contribution in [0.3, 0.4) is 0 Å². The molecule has 0 radical (unpaired) electrons. The van der Waals surface area contributed by atoms with Crippen LogP contribution in [0.4, 0.5) is 5.69 Å². The van der Waals surface area contributed by atoms with Crippen LogP contribution in [0.2, 0.25) is 0 Å². The van der Waals surface area contributed by atoms with Gasteiger partial charge in [-0.05, 0) is 67.3 Å². The van der Waals surface area contributed by atoms with Crippen LogP contribution in [0.15, 0.2) is 59.4 Å². The standard InChI is InChI=1S/C25H24N2O5/c1-3-32-19-10-6-17(7-11-19)26-24(29)21-14-20-22(27-25(21)30)12-16(13-23(20)28)15-4-8-18(31-2)9-5-15/h4-11,14,16H,3,12-13H2,1-2H3,(H,26,29)(H,27,30). The first-order valence-electron chi connectivity index (χ1n) is 10.5. The summed E-state index contributed by atoms with van der Waals surface area (Å²) in [5, 5.41) is 2.70. The van der Waals surface area contributed by atoms with Crippen molar-refractivity contribution in [3.63, 3.8) is 0 Å². The van der Waals surface area contributed by atoms with E-state index in [1.165, 1.54) is 6.07 Å². The molecule has 0 saturated carbocycles. The lowest BCUT2D eigenvalue weighted by atomic mass is 9.81. The summed E-state index contributed by atoms with van der Waals surface area (Å²) in [5.74, 6) is 0.726. The first-order chi connectivity index (χ1) is 15.5. The third-order valence-corrected chi connectivity index (χ3v) is 5.56. The summed E-state index contributed by atoms with van der Waals surface area (Å²) in [6.45, 7) is 2.43. The van der Waals surface area contributed by atoms with Crippen molar-refractivity contribution in [2.75, 3.05) is 19.0 Å². The number of aromatic nitrogens is 1. The van der Waals surface area contributed by atoms with Gasteiger partial charge in [-0.25, -0.2) is 0 Å². The summed E-state index contributed by atoms with van der Waals surface area (Å²) in [6.07, 6.45) is 0.828. The van der Waals surface area contributed by atoms with Crippen molar-refractivity contribution in [3.05, 3.63) is 87.3 Å². The number of carbonyl (C=O) groups excluding carboxylic acids is 2. The number of aromatic amines is 1. The molecule has 7 nitrogen and oxygen atoms in total. The lowest BCUT2D eigenvalue weighted by Crippen LogP contribution is -2.29. The number of ether oxygens (including phenoxy) is 2. The first kappa shape index (κ1) is 21.4. The number of hydrogen-bond donors (Lipinski definition) is 2. The van der Waals surface area contributed by atoms with Gasteiger partial charge >= 0.3 is 0 Å². The van der Waals surface area contributed by atoms with Crippen LogP contribution in [-0.4, -0.2) is 30.4 Å². The highest BCUT2D eigenvalue weighted by molar-refractivity contribution is 6.06. The van der Waals surface area contributed by atoms with Crippen LogP contribution in [0.1, 0.15) is 51.2 Å². The van der Waals surface area contributed by atoms with E-state index in [1.54, 1.807) is 31.4 Å². The van der Waals surface area contributed by atoms with E-state index in [1.807, 2.05) is 31.2 Å². The third kappa shape index (κ3) is 4.42. The quantitative estimate of drug-likeness (QED) is 0.615. The zero-order chi connectivity index (χ0) is 22.7. The molecule has 0 bridgehead atoms. The molecule has 2 aromatic carbocycles. The van der Waals surface area contributed by atoms with Crippen molar-refractivity contribution in [1.82, 2.24) is 4.98 Å². The molecule has 1 unspecified atom stereocenters. The molecule has 1 heterocycles. The fraction of sp³-hybridized carbons (Fsp3) is 0.240. The summed E-state index contributed by atoms with van der Waals surface area (Å²) >= 11 is 0. The maximum atomic E-state index is 12.8. The Morgan fingerprint density at radius 2 is 1.72 bits per heavy atom. The first-order valence-corrected chi connectivity index (χ1v) is 10.5. The summed E-state index contributed by atoms with van der Waals surface area (Å²) in [6, 6.07) is 15.8. The highest BCUT2D eigenvalue weighted by atomic mass is 16.5. The van der Waals surface area contributed by atoms with Crippen molar-refractivity contribution >= 4 is 17.4 Å². The van der Waals surface area contributed by atoms with Crippen LogP contribution in [0, 0.1) is 0 Å². The second-order valence-corrected chi connectivity index (χ2v) is 7.62. The minimum absolute atomic E-state index is 0.0416. The van der Waals surface area contributed by atoms with E-state index in [0.29, 0.717) is 42.1 Å². The average Bonchev–Trinajstić information content (AvgIpc) is 2.80. The minimum atomic E-state index is -0.566. The highest BCUT2D eigenvalue weighted by Crippen LogP contribution is 2.32. The van der Waals surface area contributed by atoms with Crippen molar-refractivity contribution in [2.24, 2.45) is 0 Å². The van der Waals surface area contributed by atoms with E-state index < -0.39 is 11.5 Å². The van der Waals surface area contributed by atoms with Crippen LogP contribution in [0.25, 0.3) is 0 Å².